The van der Waals surface area contributed by atoms with Crippen molar-refractivity contribution in [3.63, 3.8) is 0 Å². The van der Waals surface area contributed by atoms with Crippen molar-refractivity contribution in [2.75, 3.05) is 7.05 Å². The van der Waals surface area contributed by atoms with Crippen molar-refractivity contribution >= 4 is 0 Å². The fourth-order valence-corrected chi connectivity index (χ4v) is 3.69. The van der Waals surface area contributed by atoms with Crippen LogP contribution < -0.4 is 0 Å². The third-order valence-corrected chi connectivity index (χ3v) is 4.79. The fraction of sp³-hybridized carbons (Fsp3) is 0.667. The zero-order valence-corrected chi connectivity index (χ0v) is 11.3. The highest BCUT2D eigenvalue weighted by Crippen LogP contribution is 2.43. The lowest BCUT2D eigenvalue weighted by molar-refractivity contribution is -0.0876. The van der Waals surface area contributed by atoms with E-state index in [0.717, 1.165) is 24.0 Å². The second-order valence-corrected chi connectivity index (χ2v) is 6.09. The van der Waals surface area contributed by atoms with E-state index in [9.17, 15) is 5.11 Å². The van der Waals surface area contributed by atoms with Gasteiger partial charge in [-0.05, 0) is 45.2 Å². The van der Waals surface area contributed by atoms with Crippen molar-refractivity contribution in [1.29, 1.82) is 0 Å². The summed E-state index contributed by atoms with van der Waals surface area (Å²) in [6.45, 7) is 2.04. The van der Waals surface area contributed by atoms with Gasteiger partial charge in [-0.2, -0.15) is 0 Å². The van der Waals surface area contributed by atoms with Crippen LogP contribution in [0.4, 0.5) is 0 Å². The molecule has 98 valence electrons. The van der Waals surface area contributed by atoms with Crippen molar-refractivity contribution in [2.24, 2.45) is 0 Å². The van der Waals surface area contributed by atoms with E-state index in [1.807, 2.05) is 19.3 Å². The monoisotopic (exact) mass is 246 g/mol. The van der Waals surface area contributed by atoms with Gasteiger partial charge in [0.05, 0.1) is 5.60 Å². The molecule has 2 bridgehead atoms. The first-order valence-corrected chi connectivity index (χ1v) is 6.95. The summed E-state index contributed by atoms with van der Waals surface area (Å²) in [5.41, 5.74) is 1.47. The van der Waals surface area contributed by atoms with Gasteiger partial charge in [0.25, 0.3) is 0 Å². The number of fused-ring (bicyclic) bond motifs is 2. The van der Waals surface area contributed by atoms with Gasteiger partial charge in [-0.15, -0.1) is 0 Å². The Hall–Kier alpha value is -0.930. The van der Waals surface area contributed by atoms with Crippen LogP contribution in [0.1, 0.15) is 43.2 Å². The number of nitrogens with zero attached hydrogens (tertiary/aromatic N) is 2. The lowest BCUT2D eigenvalue weighted by Crippen LogP contribution is -2.55. The van der Waals surface area contributed by atoms with Crippen molar-refractivity contribution in [3.05, 3.63) is 29.6 Å². The first-order valence-electron chi connectivity index (χ1n) is 6.95. The van der Waals surface area contributed by atoms with Crippen LogP contribution in [-0.2, 0) is 5.60 Å². The molecule has 0 amide bonds. The Balaban J connectivity index is 1.92. The summed E-state index contributed by atoms with van der Waals surface area (Å²) in [5, 5.41) is 11.0. The molecular formula is C15H22N2O. The van der Waals surface area contributed by atoms with Gasteiger partial charge in [-0.25, -0.2) is 0 Å². The topological polar surface area (TPSA) is 36.4 Å². The van der Waals surface area contributed by atoms with E-state index in [-0.39, 0.29) is 0 Å². The van der Waals surface area contributed by atoms with E-state index in [1.165, 1.54) is 19.3 Å². The molecule has 2 aliphatic rings. The number of rotatable bonds is 1. The molecular weight excluding hydrogens is 224 g/mol. The molecule has 3 nitrogen and oxygen atoms in total. The van der Waals surface area contributed by atoms with Gasteiger partial charge in [0, 0.05) is 30.0 Å². The average Bonchev–Trinajstić information content (AvgIpc) is 2.31. The quantitative estimate of drug-likeness (QED) is 0.825. The van der Waals surface area contributed by atoms with Gasteiger partial charge in [-0.1, -0.05) is 12.5 Å². The van der Waals surface area contributed by atoms with Gasteiger partial charge >= 0.3 is 0 Å². The maximum atomic E-state index is 11.0. The molecule has 2 saturated heterocycles. The van der Waals surface area contributed by atoms with Gasteiger partial charge in [0.15, 0.2) is 0 Å². The van der Waals surface area contributed by atoms with Crippen molar-refractivity contribution in [3.8, 4) is 0 Å². The normalized spacial score (nSPS) is 36.6. The molecule has 2 unspecified atom stereocenters. The van der Waals surface area contributed by atoms with Crippen LogP contribution in [-0.4, -0.2) is 34.1 Å². The van der Waals surface area contributed by atoms with E-state index in [2.05, 4.69) is 23.0 Å². The van der Waals surface area contributed by atoms with E-state index in [4.69, 9.17) is 0 Å². The largest absolute Gasteiger partial charge is 0.385 e. The number of hydrogen-bond acceptors (Lipinski definition) is 3. The summed E-state index contributed by atoms with van der Waals surface area (Å²) in [7, 11) is 2.21. The second-order valence-electron chi connectivity index (χ2n) is 6.09. The highest BCUT2D eigenvalue weighted by atomic mass is 16.3. The lowest BCUT2D eigenvalue weighted by atomic mass is 9.73. The Bertz CT molecular complexity index is 432. The smallest absolute Gasteiger partial charge is 0.0941 e. The molecule has 18 heavy (non-hydrogen) atoms. The maximum Gasteiger partial charge on any atom is 0.0941 e. The predicted molar refractivity (Wildman–Crippen MR) is 71.3 cm³/mol. The summed E-state index contributed by atoms with van der Waals surface area (Å²) in [6.07, 6.45) is 9.14. The standard InChI is InChI=1S/C15H22N2O/c1-11-6-12(10-16-9-11)15(18)7-13-4-3-5-14(8-15)17(13)2/h6,9-10,13-14,18H,3-5,7-8H2,1-2H3. The van der Waals surface area contributed by atoms with Crippen LogP contribution in [0.25, 0.3) is 0 Å². The molecule has 3 rings (SSSR count). The van der Waals surface area contributed by atoms with Crippen LogP contribution in [0, 0.1) is 6.92 Å². The molecule has 3 heterocycles. The molecule has 1 aromatic heterocycles. The summed E-state index contributed by atoms with van der Waals surface area (Å²) >= 11 is 0. The van der Waals surface area contributed by atoms with Crippen LogP contribution >= 0.6 is 0 Å². The molecule has 1 aromatic rings. The molecule has 2 fully saturated rings. The molecule has 2 atom stereocenters. The van der Waals surface area contributed by atoms with Crippen molar-refractivity contribution < 1.29 is 5.11 Å². The van der Waals surface area contributed by atoms with Crippen molar-refractivity contribution in [2.45, 2.75) is 56.7 Å². The Morgan fingerprint density at radius 3 is 2.56 bits per heavy atom. The second kappa shape index (κ2) is 4.32. The zero-order chi connectivity index (χ0) is 12.8. The van der Waals surface area contributed by atoms with Crippen LogP contribution in [0.2, 0.25) is 0 Å². The minimum Gasteiger partial charge on any atom is -0.385 e. The van der Waals surface area contributed by atoms with Crippen LogP contribution in [0.3, 0.4) is 0 Å². The van der Waals surface area contributed by atoms with E-state index in [1.54, 1.807) is 0 Å². The fourth-order valence-electron chi connectivity index (χ4n) is 3.69. The summed E-state index contributed by atoms with van der Waals surface area (Å²) in [6, 6.07) is 3.15. The Labute approximate surface area is 109 Å². The number of aliphatic hydroxyl groups is 1. The Morgan fingerprint density at radius 2 is 1.94 bits per heavy atom. The summed E-state index contributed by atoms with van der Waals surface area (Å²) < 4.78 is 0. The minimum absolute atomic E-state index is 0.531. The Kier molecular flexibility index (Phi) is 2.91. The van der Waals surface area contributed by atoms with Gasteiger partial charge in [0.1, 0.15) is 0 Å². The summed E-state index contributed by atoms with van der Waals surface area (Å²) in [4.78, 5) is 6.72. The predicted octanol–water partition coefficient (Wildman–Crippen LogP) is 2.22. The number of aryl methyl sites for hydroxylation is 1. The molecule has 0 aromatic carbocycles. The van der Waals surface area contributed by atoms with Crippen LogP contribution in [0.15, 0.2) is 18.5 Å². The van der Waals surface area contributed by atoms with Gasteiger partial charge < -0.3 is 10.0 Å². The van der Waals surface area contributed by atoms with E-state index >= 15 is 0 Å². The average molecular weight is 246 g/mol. The number of pyridine rings is 1. The van der Waals surface area contributed by atoms with Gasteiger partial charge in [0.2, 0.25) is 0 Å². The minimum atomic E-state index is -0.665. The maximum absolute atomic E-state index is 11.0. The molecule has 2 aliphatic heterocycles. The molecule has 0 aliphatic carbocycles. The number of aromatic nitrogens is 1. The number of piperidine rings is 2. The molecule has 0 spiro atoms. The Morgan fingerprint density at radius 1 is 1.28 bits per heavy atom. The molecule has 3 heteroatoms. The first-order chi connectivity index (χ1) is 8.58. The lowest BCUT2D eigenvalue weighted by Gasteiger charge is -2.50. The number of hydrogen-bond donors (Lipinski definition) is 1. The van der Waals surface area contributed by atoms with Crippen molar-refractivity contribution in [1.82, 2.24) is 9.88 Å². The SMILES string of the molecule is Cc1cncc(C2(O)CC3CCCC(C2)N3C)c1. The van der Waals surface area contributed by atoms with Crippen LogP contribution in [0.5, 0.6) is 0 Å². The third-order valence-electron chi connectivity index (χ3n) is 4.79. The van der Waals surface area contributed by atoms with E-state index in [0.29, 0.717) is 12.1 Å². The third kappa shape index (κ3) is 1.95. The molecule has 1 N–H and O–H groups in total. The zero-order valence-electron chi connectivity index (χ0n) is 11.3. The van der Waals surface area contributed by atoms with Gasteiger partial charge in [-0.3, -0.25) is 4.98 Å². The van der Waals surface area contributed by atoms with E-state index < -0.39 is 5.60 Å². The first kappa shape index (κ1) is 12.1. The highest BCUT2D eigenvalue weighted by molar-refractivity contribution is 5.25. The highest BCUT2D eigenvalue weighted by Gasteiger charge is 2.44. The molecule has 0 radical (unpaired) electrons. The summed E-state index contributed by atoms with van der Waals surface area (Å²) in [5.74, 6) is 0. The molecule has 0 saturated carbocycles.